The molecule has 0 bridgehead atoms. The Morgan fingerprint density at radius 3 is 3.03 bits per heavy atom. The first-order valence-electron chi connectivity index (χ1n) is 9.88. The monoisotopic (exact) mass is 425 g/mol. The molecule has 0 atom stereocenters. The maximum Gasteiger partial charge on any atom is 0.271 e. The molecule has 0 unspecified atom stereocenters. The van der Waals surface area contributed by atoms with Gasteiger partial charge in [0.15, 0.2) is 11.5 Å². The van der Waals surface area contributed by atoms with Gasteiger partial charge >= 0.3 is 0 Å². The maximum atomic E-state index is 12.2. The zero-order chi connectivity index (χ0) is 21.0. The number of aromatic nitrogens is 4. The molecule has 4 N–H and O–H groups in total. The van der Waals surface area contributed by atoms with Gasteiger partial charge in [-0.25, -0.2) is 9.98 Å². The Balaban J connectivity index is 1.36. The second kappa shape index (κ2) is 11.8. The number of hydrogen-bond donors (Lipinski definition) is 3. The molecule has 0 spiro atoms. The number of thiophene rings is 1. The first-order chi connectivity index (χ1) is 14.8. The van der Waals surface area contributed by atoms with Crippen molar-refractivity contribution in [3.63, 3.8) is 0 Å². The lowest BCUT2D eigenvalue weighted by Crippen LogP contribution is -2.26. The van der Waals surface area contributed by atoms with Crippen molar-refractivity contribution in [1.29, 1.82) is 0 Å². The summed E-state index contributed by atoms with van der Waals surface area (Å²) in [5.41, 5.74) is 8.34. The van der Waals surface area contributed by atoms with Gasteiger partial charge in [-0.1, -0.05) is 12.5 Å². The zero-order valence-corrected chi connectivity index (χ0v) is 17.4. The van der Waals surface area contributed by atoms with Gasteiger partial charge in [-0.05, 0) is 36.8 Å². The summed E-state index contributed by atoms with van der Waals surface area (Å²) in [5.74, 6) is 0.911. The number of rotatable bonds is 12. The van der Waals surface area contributed by atoms with E-state index in [-0.39, 0.29) is 5.91 Å². The van der Waals surface area contributed by atoms with Crippen molar-refractivity contribution in [2.75, 3.05) is 25.0 Å². The molecule has 3 heterocycles. The standard InChI is InChI=1S/C20H25N8OS/c21-8-2-1-3-9-22-18-7-12-25-20(26-18)24-11-5-10-23-19(29)16-14-15(27-28-16)17-6-4-13-30-17/h4,6-7,9,12-14,21H,1-3,5,8,10-11H2,(H,23,29)(H,27,28)(H,24,25,26)/q-1. The van der Waals surface area contributed by atoms with E-state index in [0.29, 0.717) is 37.1 Å². The number of aliphatic imine (C=N–C) groups is 1. The molecule has 3 aromatic heterocycles. The minimum Gasteiger partial charge on any atom is -0.677 e. The fourth-order valence-electron chi connectivity index (χ4n) is 2.60. The van der Waals surface area contributed by atoms with Crippen molar-refractivity contribution in [3.8, 4) is 10.6 Å². The van der Waals surface area contributed by atoms with Crippen LogP contribution in [0, 0.1) is 0 Å². The molecule has 3 rings (SSSR count). The van der Waals surface area contributed by atoms with Crippen molar-refractivity contribution >= 4 is 35.2 Å². The highest BCUT2D eigenvalue weighted by Gasteiger charge is 2.11. The predicted octanol–water partition coefficient (Wildman–Crippen LogP) is 4.09. The van der Waals surface area contributed by atoms with Gasteiger partial charge in [-0.3, -0.25) is 9.89 Å². The average molecular weight is 426 g/mol. The van der Waals surface area contributed by atoms with Gasteiger partial charge in [0.1, 0.15) is 0 Å². The van der Waals surface area contributed by atoms with E-state index in [1.54, 1.807) is 29.7 Å². The molecule has 1 amide bonds. The van der Waals surface area contributed by atoms with Gasteiger partial charge in [-0.2, -0.15) is 16.6 Å². The summed E-state index contributed by atoms with van der Waals surface area (Å²) >= 11 is 1.59. The number of carbonyl (C=O) groups excluding carboxylic acids is 1. The summed E-state index contributed by atoms with van der Waals surface area (Å²) in [7, 11) is 0. The summed E-state index contributed by atoms with van der Waals surface area (Å²) in [4.78, 5) is 26.1. The molecule has 0 aliphatic heterocycles. The molecule has 3 aromatic rings. The van der Waals surface area contributed by atoms with E-state index in [1.165, 1.54) is 0 Å². The predicted molar refractivity (Wildman–Crippen MR) is 121 cm³/mol. The third-order valence-electron chi connectivity index (χ3n) is 4.14. The zero-order valence-electron chi connectivity index (χ0n) is 16.6. The highest BCUT2D eigenvalue weighted by molar-refractivity contribution is 7.13. The lowest BCUT2D eigenvalue weighted by Gasteiger charge is -2.06. The van der Waals surface area contributed by atoms with E-state index in [0.717, 1.165) is 36.3 Å². The number of nitrogens with one attached hydrogen (secondary N) is 4. The van der Waals surface area contributed by atoms with Gasteiger partial charge in [0.05, 0.1) is 10.6 Å². The first-order valence-corrected chi connectivity index (χ1v) is 10.8. The SMILES string of the molecule is [NH-]CCCCC=Nc1ccnc(NCCCNC(=O)c2cc(-c3cccs3)[nH]n2)n1. The van der Waals surface area contributed by atoms with E-state index in [4.69, 9.17) is 5.73 Å². The molecule has 0 aromatic carbocycles. The molecular weight excluding hydrogens is 400 g/mol. The number of unbranched alkanes of at least 4 members (excludes halogenated alkanes) is 2. The van der Waals surface area contributed by atoms with E-state index in [2.05, 4.69) is 35.8 Å². The fourth-order valence-corrected chi connectivity index (χ4v) is 3.29. The molecule has 0 radical (unpaired) electrons. The highest BCUT2D eigenvalue weighted by Crippen LogP contribution is 2.22. The lowest BCUT2D eigenvalue weighted by atomic mass is 10.2. The number of hydrogen-bond acceptors (Lipinski definition) is 7. The number of carbonyl (C=O) groups is 1. The Morgan fingerprint density at radius 2 is 2.20 bits per heavy atom. The molecule has 0 aliphatic rings. The topological polar surface area (TPSA) is 132 Å². The lowest BCUT2D eigenvalue weighted by molar-refractivity contribution is 0.0948. The Kier molecular flexibility index (Phi) is 8.48. The number of H-pyrrole nitrogens is 1. The highest BCUT2D eigenvalue weighted by atomic mass is 32.1. The molecule has 9 nitrogen and oxygen atoms in total. The van der Waals surface area contributed by atoms with Crippen LogP contribution < -0.4 is 10.6 Å². The average Bonchev–Trinajstić information content (AvgIpc) is 3.45. The number of nitrogens with zero attached hydrogens (tertiary/aromatic N) is 4. The Labute approximate surface area is 179 Å². The molecule has 158 valence electrons. The fraction of sp³-hybridized carbons (Fsp3) is 0.350. The number of aromatic amines is 1. The quantitative estimate of drug-likeness (QED) is 0.297. The number of anilines is 1. The van der Waals surface area contributed by atoms with Gasteiger partial charge in [0.2, 0.25) is 5.95 Å². The third kappa shape index (κ3) is 6.75. The molecule has 0 aliphatic carbocycles. The van der Waals surface area contributed by atoms with Crippen LogP contribution in [-0.4, -0.2) is 51.9 Å². The van der Waals surface area contributed by atoms with Crippen LogP contribution in [0.5, 0.6) is 0 Å². The van der Waals surface area contributed by atoms with Crippen LogP contribution in [0.2, 0.25) is 0 Å². The second-order valence-corrected chi connectivity index (χ2v) is 7.42. The summed E-state index contributed by atoms with van der Waals surface area (Å²) < 4.78 is 0. The Hall–Kier alpha value is -3.11. The molecule has 0 fully saturated rings. The molecule has 30 heavy (non-hydrogen) atoms. The van der Waals surface area contributed by atoms with Crippen molar-refractivity contribution in [2.45, 2.75) is 25.7 Å². The van der Waals surface area contributed by atoms with Crippen LogP contribution in [0.25, 0.3) is 16.3 Å². The van der Waals surface area contributed by atoms with Crippen LogP contribution in [0.1, 0.15) is 36.2 Å². The van der Waals surface area contributed by atoms with Crippen LogP contribution >= 0.6 is 11.3 Å². The summed E-state index contributed by atoms with van der Waals surface area (Å²) in [6.07, 6.45) is 6.90. The van der Waals surface area contributed by atoms with Gasteiger partial charge in [0.25, 0.3) is 5.91 Å². The minimum absolute atomic E-state index is 0.202. The van der Waals surface area contributed by atoms with Crippen LogP contribution in [-0.2, 0) is 0 Å². The van der Waals surface area contributed by atoms with Crippen molar-refractivity contribution < 1.29 is 4.79 Å². The second-order valence-electron chi connectivity index (χ2n) is 6.48. The van der Waals surface area contributed by atoms with Gasteiger partial charge < -0.3 is 16.4 Å². The molecular formula is C20H25N8OS-. The Morgan fingerprint density at radius 1 is 1.27 bits per heavy atom. The largest absolute Gasteiger partial charge is 0.677 e. The van der Waals surface area contributed by atoms with E-state index in [1.807, 2.05) is 23.7 Å². The van der Waals surface area contributed by atoms with Crippen molar-refractivity contribution in [2.24, 2.45) is 4.99 Å². The molecule has 10 heteroatoms. The van der Waals surface area contributed by atoms with E-state index < -0.39 is 0 Å². The van der Waals surface area contributed by atoms with Crippen molar-refractivity contribution in [1.82, 2.24) is 25.5 Å². The van der Waals surface area contributed by atoms with Crippen molar-refractivity contribution in [3.05, 3.63) is 47.3 Å². The van der Waals surface area contributed by atoms with Crippen LogP contribution in [0.15, 0.2) is 40.8 Å². The normalized spacial score (nSPS) is 11.1. The Bertz CT molecular complexity index is 938. The third-order valence-corrected chi connectivity index (χ3v) is 5.05. The summed E-state index contributed by atoms with van der Waals surface area (Å²) in [6, 6.07) is 7.45. The maximum absolute atomic E-state index is 12.2. The van der Waals surface area contributed by atoms with Crippen LogP contribution in [0.3, 0.4) is 0 Å². The molecule has 0 saturated heterocycles. The molecule has 0 saturated carbocycles. The minimum atomic E-state index is -0.202. The van der Waals surface area contributed by atoms with Crippen LogP contribution in [0.4, 0.5) is 11.8 Å². The smallest absolute Gasteiger partial charge is 0.271 e. The van der Waals surface area contributed by atoms with E-state index >= 15 is 0 Å². The van der Waals surface area contributed by atoms with Gasteiger partial charge in [0, 0.05) is 31.6 Å². The first kappa shape index (κ1) is 21.6. The van der Waals surface area contributed by atoms with Gasteiger partial charge in [-0.15, -0.1) is 11.3 Å². The summed E-state index contributed by atoms with van der Waals surface area (Å²) in [5, 5.41) is 15.0. The van der Waals surface area contributed by atoms with E-state index in [9.17, 15) is 4.79 Å². The summed E-state index contributed by atoms with van der Waals surface area (Å²) in [6.45, 7) is 1.59. The number of amides is 1.